The SMILES string of the molecule is C/C=C/CC1=C(O)CCCC1=O. The van der Waals surface area contributed by atoms with Crippen molar-refractivity contribution in [3.63, 3.8) is 0 Å². The molecule has 0 saturated carbocycles. The van der Waals surface area contributed by atoms with Gasteiger partial charge in [-0.2, -0.15) is 0 Å². The fourth-order valence-electron chi connectivity index (χ4n) is 1.35. The van der Waals surface area contributed by atoms with Crippen LogP contribution in [0.3, 0.4) is 0 Å². The molecule has 2 heteroatoms. The fourth-order valence-corrected chi connectivity index (χ4v) is 1.35. The summed E-state index contributed by atoms with van der Waals surface area (Å²) in [4.78, 5) is 11.3. The summed E-state index contributed by atoms with van der Waals surface area (Å²) < 4.78 is 0. The van der Waals surface area contributed by atoms with Crippen LogP contribution in [0, 0.1) is 0 Å². The van der Waals surface area contributed by atoms with Gasteiger partial charge in [-0.05, 0) is 19.8 Å². The molecule has 1 rings (SSSR count). The van der Waals surface area contributed by atoms with Gasteiger partial charge in [0.1, 0.15) is 0 Å². The largest absolute Gasteiger partial charge is 0.512 e. The molecule has 0 spiro atoms. The number of hydrogen-bond acceptors (Lipinski definition) is 2. The van der Waals surface area contributed by atoms with Gasteiger partial charge in [-0.1, -0.05) is 12.2 Å². The lowest BCUT2D eigenvalue weighted by atomic mass is 9.94. The number of hydrogen-bond donors (Lipinski definition) is 1. The number of aliphatic hydroxyl groups excluding tert-OH is 1. The van der Waals surface area contributed by atoms with Crippen molar-refractivity contribution in [1.82, 2.24) is 0 Å². The molecule has 0 unspecified atom stereocenters. The van der Waals surface area contributed by atoms with E-state index in [1.165, 1.54) is 0 Å². The highest BCUT2D eigenvalue weighted by Gasteiger charge is 2.18. The third-order valence-corrected chi connectivity index (χ3v) is 2.06. The molecule has 2 nitrogen and oxygen atoms in total. The van der Waals surface area contributed by atoms with Crippen LogP contribution in [0.25, 0.3) is 0 Å². The molecule has 0 aromatic carbocycles. The molecule has 66 valence electrons. The van der Waals surface area contributed by atoms with Gasteiger partial charge in [0.05, 0.1) is 5.76 Å². The Bertz CT molecular complexity index is 236. The smallest absolute Gasteiger partial charge is 0.162 e. The lowest BCUT2D eigenvalue weighted by molar-refractivity contribution is -0.116. The Morgan fingerprint density at radius 3 is 2.83 bits per heavy atom. The summed E-state index contributed by atoms with van der Waals surface area (Å²) >= 11 is 0. The van der Waals surface area contributed by atoms with E-state index in [1.807, 2.05) is 19.1 Å². The number of rotatable bonds is 2. The summed E-state index contributed by atoms with van der Waals surface area (Å²) in [7, 11) is 0. The maximum Gasteiger partial charge on any atom is 0.162 e. The fraction of sp³-hybridized carbons (Fsp3) is 0.500. The van der Waals surface area contributed by atoms with E-state index in [0.29, 0.717) is 30.6 Å². The Morgan fingerprint density at radius 1 is 1.50 bits per heavy atom. The molecule has 0 fully saturated rings. The standard InChI is InChI=1S/C10H14O2/c1-2-3-5-8-9(11)6-4-7-10(8)12/h2-3,11H,4-7H2,1H3/b3-2+. The van der Waals surface area contributed by atoms with Gasteiger partial charge in [0.15, 0.2) is 5.78 Å². The molecule has 12 heavy (non-hydrogen) atoms. The maximum absolute atomic E-state index is 11.3. The predicted octanol–water partition coefficient (Wildman–Crippen LogP) is 2.52. The predicted molar refractivity (Wildman–Crippen MR) is 47.9 cm³/mol. The third kappa shape index (κ3) is 1.97. The summed E-state index contributed by atoms with van der Waals surface area (Å²) in [5.41, 5.74) is 0.611. The molecular weight excluding hydrogens is 152 g/mol. The molecule has 0 aromatic rings. The highest BCUT2D eigenvalue weighted by Crippen LogP contribution is 2.22. The van der Waals surface area contributed by atoms with Crippen LogP contribution < -0.4 is 0 Å². The lowest BCUT2D eigenvalue weighted by Crippen LogP contribution is -2.10. The van der Waals surface area contributed by atoms with Crippen molar-refractivity contribution in [2.45, 2.75) is 32.6 Å². The van der Waals surface area contributed by atoms with Gasteiger partial charge < -0.3 is 5.11 Å². The summed E-state index contributed by atoms with van der Waals surface area (Å²) in [6.07, 6.45) is 6.43. The first-order valence-electron chi connectivity index (χ1n) is 4.31. The zero-order valence-electron chi connectivity index (χ0n) is 7.34. The van der Waals surface area contributed by atoms with Crippen molar-refractivity contribution in [3.8, 4) is 0 Å². The molecule has 1 aliphatic rings. The Labute approximate surface area is 72.6 Å². The Balaban J connectivity index is 2.74. The number of carbonyl (C=O) groups excluding carboxylic acids is 1. The molecule has 1 aliphatic carbocycles. The van der Waals surface area contributed by atoms with Crippen molar-refractivity contribution in [2.24, 2.45) is 0 Å². The van der Waals surface area contributed by atoms with Gasteiger partial charge in [0.2, 0.25) is 0 Å². The molecule has 1 N–H and O–H groups in total. The maximum atomic E-state index is 11.3. The van der Waals surface area contributed by atoms with Crippen LogP contribution >= 0.6 is 0 Å². The molecule has 0 saturated heterocycles. The summed E-state index contributed by atoms with van der Waals surface area (Å²) in [5.74, 6) is 0.404. The molecule has 0 heterocycles. The minimum atomic E-state index is 0.108. The minimum absolute atomic E-state index is 0.108. The minimum Gasteiger partial charge on any atom is -0.512 e. The van der Waals surface area contributed by atoms with E-state index in [-0.39, 0.29) is 5.78 Å². The number of carbonyl (C=O) groups is 1. The van der Waals surface area contributed by atoms with E-state index in [4.69, 9.17) is 0 Å². The first kappa shape index (κ1) is 9.04. The molecular formula is C10H14O2. The van der Waals surface area contributed by atoms with Crippen LogP contribution in [-0.4, -0.2) is 10.9 Å². The molecule has 0 radical (unpaired) electrons. The second kappa shape index (κ2) is 4.10. The van der Waals surface area contributed by atoms with E-state index in [2.05, 4.69) is 0 Å². The second-order valence-electron chi connectivity index (χ2n) is 2.98. The zero-order chi connectivity index (χ0) is 8.97. The number of aliphatic hydroxyl groups is 1. The van der Waals surface area contributed by atoms with Gasteiger partial charge in [0.25, 0.3) is 0 Å². The highest BCUT2D eigenvalue weighted by atomic mass is 16.3. The molecule has 0 aliphatic heterocycles. The van der Waals surface area contributed by atoms with E-state index >= 15 is 0 Å². The Hall–Kier alpha value is -1.05. The normalized spacial score (nSPS) is 19.2. The van der Waals surface area contributed by atoms with E-state index < -0.39 is 0 Å². The molecule has 0 amide bonds. The van der Waals surface area contributed by atoms with Crippen molar-refractivity contribution in [1.29, 1.82) is 0 Å². The summed E-state index contributed by atoms with van der Waals surface area (Å²) in [6.45, 7) is 1.91. The first-order chi connectivity index (χ1) is 5.75. The van der Waals surface area contributed by atoms with Crippen molar-refractivity contribution in [2.75, 3.05) is 0 Å². The van der Waals surface area contributed by atoms with Gasteiger partial charge in [-0.25, -0.2) is 0 Å². The lowest BCUT2D eigenvalue weighted by Gasteiger charge is -2.13. The summed E-state index contributed by atoms with van der Waals surface area (Å²) in [6, 6.07) is 0. The second-order valence-corrected chi connectivity index (χ2v) is 2.98. The average molecular weight is 166 g/mol. The van der Waals surface area contributed by atoms with E-state index in [1.54, 1.807) is 0 Å². The van der Waals surface area contributed by atoms with Crippen LogP contribution in [0.5, 0.6) is 0 Å². The van der Waals surface area contributed by atoms with Crippen LogP contribution in [0.2, 0.25) is 0 Å². The average Bonchev–Trinajstić information content (AvgIpc) is 2.04. The quantitative estimate of drug-likeness (QED) is 0.640. The highest BCUT2D eigenvalue weighted by molar-refractivity contribution is 5.96. The van der Waals surface area contributed by atoms with Gasteiger partial charge in [-0.3, -0.25) is 4.79 Å². The van der Waals surface area contributed by atoms with Crippen LogP contribution in [-0.2, 0) is 4.79 Å². The van der Waals surface area contributed by atoms with Crippen molar-refractivity contribution >= 4 is 5.78 Å². The van der Waals surface area contributed by atoms with Gasteiger partial charge in [0, 0.05) is 18.4 Å². The summed E-state index contributed by atoms with van der Waals surface area (Å²) in [5, 5.41) is 9.39. The molecule has 0 bridgehead atoms. The van der Waals surface area contributed by atoms with E-state index in [9.17, 15) is 9.90 Å². The number of Topliss-reactive ketones (excluding diaryl/α,β-unsaturated/α-hetero) is 1. The van der Waals surface area contributed by atoms with Crippen LogP contribution in [0.1, 0.15) is 32.6 Å². The third-order valence-electron chi connectivity index (χ3n) is 2.06. The first-order valence-corrected chi connectivity index (χ1v) is 4.31. The van der Waals surface area contributed by atoms with Crippen LogP contribution in [0.15, 0.2) is 23.5 Å². The van der Waals surface area contributed by atoms with E-state index in [0.717, 1.165) is 6.42 Å². The topological polar surface area (TPSA) is 37.3 Å². The van der Waals surface area contributed by atoms with Crippen molar-refractivity contribution in [3.05, 3.63) is 23.5 Å². The number of ketones is 1. The Morgan fingerprint density at radius 2 is 2.25 bits per heavy atom. The molecule has 0 aromatic heterocycles. The zero-order valence-corrected chi connectivity index (χ0v) is 7.34. The Kier molecular flexibility index (Phi) is 3.09. The number of allylic oxidation sites excluding steroid dienone is 4. The van der Waals surface area contributed by atoms with Gasteiger partial charge >= 0.3 is 0 Å². The molecule has 0 atom stereocenters. The van der Waals surface area contributed by atoms with Crippen LogP contribution in [0.4, 0.5) is 0 Å². The monoisotopic (exact) mass is 166 g/mol. The van der Waals surface area contributed by atoms with Crippen molar-refractivity contribution < 1.29 is 9.90 Å². The van der Waals surface area contributed by atoms with Gasteiger partial charge in [-0.15, -0.1) is 0 Å².